The summed E-state index contributed by atoms with van der Waals surface area (Å²) in [4.78, 5) is 23.5. The maximum absolute atomic E-state index is 12.8. The van der Waals surface area contributed by atoms with Gasteiger partial charge in [-0.1, -0.05) is 12.1 Å². The molecule has 21 heavy (non-hydrogen) atoms. The van der Waals surface area contributed by atoms with Crippen LogP contribution in [0.3, 0.4) is 0 Å². The number of halogens is 1. The molecule has 1 aromatic heterocycles. The Labute approximate surface area is 121 Å². The van der Waals surface area contributed by atoms with Gasteiger partial charge in [-0.15, -0.1) is 0 Å². The highest BCUT2D eigenvalue weighted by atomic mass is 19.1. The van der Waals surface area contributed by atoms with Gasteiger partial charge in [0.1, 0.15) is 18.1 Å². The maximum Gasteiger partial charge on any atom is 0.267 e. The molecule has 2 aromatic rings. The van der Waals surface area contributed by atoms with Gasteiger partial charge in [0.2, 0.25) is 5.43 Å². The van der Waals surface area contributed by atoms with E-state index < -0.39 is 0 Å². The summed E-state index contributed by atoms with van der Waals surface area (Å²) in [5.74, 6) is -0.543. The van der Waals surface area contributed by atoms with Crippen LogP contribution in [0.5, 0.6) is 5.75 Å². The smallest absolute Gasteiger partial charge is 0.267 e. The molecular weight excluding hydrogens is 275 g/mol. The predicted octanol–water partition coefficient (Wildman–Crippen LogP) is 1.46. The minimum absolute atomic E-state index is 0.134. The van der Waals surface area contributed by atoms with Gasteiger partial charge in [0.05, 0.1) is 6.20 Å². The predicted molar refractivity (Wildman–Crippen MR) is 75.8 cm³/mol. The van der Waals surface area contributed by atoms with Crippen LogP contribution in [0.15, 0.2) is 41.3 Å². The van der Waals surface area contributed by atoms with Crippen molar-refractivity contribution in [3.05, 3.63) is 63.8 Å². The molecule has 1 N–H and O–H groups in total. The number of pyridine rings is 1. The van der Waals surface area contributed by atoms with Crippen molar-refractivity contribution in [2.45, 2.75) is 6.61 Å². The van der Waals surface area contributed by atoms with Gasteiger partial charge in [0.25, 0.3) is 5.91 Å². The zero-order chi connectivity index (χ0) is 15.4. The minimum Gasteiger partial charge on any atom is -0.483 e. The molecule has 0 radical (unpaired) electrons. The fourth-order valence-electron chi connectivity index (χ4n) is 1.81. The van der Waals surface area contributed by atoms with Gasteiger partial charge in [0, 0.05) is 20.2 Å². The monoisotopic (exact) mass is 290 g/mol. The van der Waals surface area contributed by atoms with Crippen LogP contribution >= 0.6 is 0 Å². The van der Waals surface area contributed by atoms with E-state index in [2.05, 4.69) is 5.32 Å². The third kappa shape index (κ3) is 3.47. The molecule has 1 aromatic carbocycles. The van der Waals surface area contributed by atoms with E-state index in [9.17, 15) is 14.0 Å². The summed E-state index contributed by atoms with van der Waals surface area (Å²) in [6, 6.07) is 7.03. The molecule has 0 bridgehead atoms. The number of hydrogen-bond donors (Lipinski definition) is 1. The van der Waals surface area contributed by atoms with Crippen LogP contribution in [0.2, 0.25) is 0 Å². The fourth-order valence-corrected chi connectivity index (χ4v) is 1.81. The zero-order valence-electron chi connectivity index (χ0n) is 11.7. The molecular formula is C15H15FN2O3. The Morgan fingerprint density at radius 3 is 2.62 bits per heavy atom. The summed E-state index contributed by atoms with van der Waals surface area (Å²) >= 11 is 0. The molecule has 0 atom stereocenters. The summed E-state index contributed by atoms with van der Waals surface area (Å²) in [6.45, 7) is 0.148. The first-order chi connectivity index (χ1) is 10.0. The maximum atomic E-state index is 12.8. The normalized spacial score (nSPS) is 10.2. The SMILES string of the molecule is CNC(=O)c1cc(=O)c(OCc2ccc(F)cc2)cn1C. The van der Waals surface area contributed by atoms with Crippen molar-refractivity contribution in [2.24, 2.45) is 7.05 Å². The molecule has 1 amide bonds. The van der Waals surface area contributed by atoms with Crippen molar-refractivity contribution in [1.82, 2.24) is 9.88 Å². The van der Waals surface area contributed by atoms with Crippen LogP contribution in [0.4, 0.5) is 4.39 Å². The molecule has 0 saturated carbocycles. The molecule has 110 valence electrons. The molecule has 0 saturated heterocycles. The Morgan fingerprint density at radius 1 is 1.33 bits per heavy atom. The second-order valence-corrected chi connectivity index (χ2v) is 4.49. The Balaban J connectivity index is 2.17. The number of nitrogens with zero attached hydrogens (tertiary/aromatic N) is 1. The lowest BCUT2D eigenvalue weighted by Crippen LogP contribution is -2.25. The lowest BCUT2D eigenvalue weighted by Gasteiger charge is -2.10. The van der Waals surface area contributed by atoms with E-state index in [0.29, 0.717) is 0 Å². The third-order valence-electron chi connectivity index (χ3n) is 2.97. The van der Waals surface area contributed by atoms with E-state index in [4.69, 9.17) is 4.74 Å². The lowest BCUT2D eigenvalue weighted by molar-refractivity contribution is 0.0954. The number of carbonyl (C=O) groups is 1. The molecule has 1 heterocycles. The van der Waals surface area contributed by atoms with Crippen molar-refractivity contribution in [3.8, 4) is 5.75 Å². The summed E-state index contributed by atoms with van der Waals surface area (Å²) in [5, 5.41) is 2.46. The third-order valence-corrected chi connectivity index (χ3v) is 2.97. The van der Waals surface area contributed by atoms with E-state index in [0.717, 1.165) is 5.56 Å². The van der Waals surface area contributed by atoms with Gasteiger partial charge in [-0.25, -0.2) is 4.39 Å². The number of aryl methyl sites for hydroxylation is 1. The van der Waals surface area contributed by atoms with Crippen molar-refractivity contribution in [3.63, 3.8) is 0 Å². The molecule has 2 rings (SSSR count). The molecule has 0 aliphatic carbocycles. The van der Waals surface area contributed by atoms with Crippen molar-refractivity contribution < 1.29 is 13.9 Å². The number of nitrogens with one attached hydrogen (secondary N) is 1. The van der Waals surface area contributed by atoms with E-state index in [1.807, 2.05) is 0 Å². The van der Waals surface area contributed by atoms with Gasteiger partial charge in [-0.05, 0) is 17.7 Å². The molecule has 0 aliphatic heterocycles. The summed E-state index contributed by atoms with van der Waals surface area (Å²) in [5.41, 5.74) is 0.610. The average Bonchev–Trinajstić information content (AvgIpc) is 2.48. The number of carbonyl (C=O) groups excluding carboxylic acids is 1. The second-order valence-electron chi connectivity index (χ2n) is 4.49. The zero-order valence-corrected chi connectivity index (χ0v) is 11.7. The first-order valence-electron chi connectivity index (χ1n) is 6.31. The van der Waals surface area contributed by atoms with Crippen molar-refractivity contribution in [2.75, 3.05) is 7.05 Å². The quantitative estimate of drug-likeness (QED) is 0.927. The summed E-state index contributed by atoms with van der Waals surface area (Å²) < 4.78 is 19.7. The van der Waals surface area contributed by atoms with Crippen LogP contribution in [-0.4, -0.2) is 17.5 Å². The number of benzene rings is 1. The number of aromatic nitrogens is 1. The molecule has 0 fully saturated rings. The Bertz CT molecular complexity index is 708. The Kier molecular flexibility index (Phi) is 4.37. The minimum atomic E-state index is -0.381. The number of hydrogen-bond acceptors (Lipinski definition) is 3. The number of ether oxygens (including phenoxy) is 1. The van der Waals surface area contributed by atoms with Gasteiger partial charge in [-0.2, -0.15) is 0 Å². The fraction of sp³-hybridized carbons (Fsp3) is 0.200. The summed E-state index contributed by atoms with van der Waals surface area (Å²) in [7, 11) is 3.14. The van der Waals surface area contributed by atoms with Gasteiger partial charge >= 0.3 is 0 Å². The highest BCUT2D eigenvalue weighted by Crippen LogP contribution is 2.09. The highest BCUT2D eigenvalue weighted by molar-refractivity contribution is 5.92. The van der Waals surface area contributed by atoms with Crippen LogP contribution in [0, 0.1) is 5.82 Å². The van der Waals surface area contributed by atoms with Crippen LogP contribution in [-0.2, 0) is 13.7 Å². The molecule has 5 nitrogen and oxygen atoms in total. The van der Waals surface area contributed by atoms with E-state index in [1.54, 1.807) is 19.2 Å². The number of amides is 1. The van der Waals surface area contributed by atoms with E-state index in [-0.39, 0.29) is 35.2 Å². The highest BCUT2D eigenvalue weighted by Gasteiger charge is 2.11. The lowest BCUT2D eigenvalue weighted by atomic mass is 10.2. The van der Waals surface area contributed by atoms with E-state index >= 15 is 0 Å². The molecule has 0 unspecified atom stereocenters. The second kappa shape index (κ2) is 6.21. The van der Waals surface area contributed by atoms with E-state index in [1.165, 1.54) is 36.0 Å². The topological polar surface area (TPSA) is 60.3 Å². The molecule has 6 heteroatoms. The van der Waals surface area contributed by atoms with Crippen LogP contribution < -0.4 is 15.5 Å². The van der Waals surface area contributed by atoms with Crippen molar-refractivity contribution in [1.29, 1.82) is 0 Å². The standard InChI is InChI=1S/C15H15FN2O3/c1-17-15(20)12-7-13(19)14(8-18(12)2)21-9-10-3-5-11(16)6-4-10/h3-8H,9H2,1-2H3,(H,17,20). The number of rotatable bonds is 4. The Hall–Kier alpha value is -2.63. The summed E-state index contributed by atoms with van der Waals surface area (Å²) in [6.07, 6.45) is 1.45. The van der Waals surface area contributed by atoms with Gasteiger partial charge in [-0.3, -0.25) is 9.59 Å². The Morgan fingerprint density at radius 2 is 2.00 bits per heavy atom. The first-order valence-corrected chi connectivity index (χ1v) is 6.31. The van der Waals surface area contributed by atoms with Crippen molar-refractivity contribution >= 4 is 5.91 Å². The average molecular weight is 290 g/mol. The molecule has 0 spiro atoms. The van der Waals surface area contributed by atoms with Gasteiger partial charge < -0.3 is 14.6 Å². The van der Waals surface area contributed by atoms with Crippen LogP contribution in [0.25, 0.3) is 0 Å². The first kappa shape index (κ1) is 14.8. The van der Waals surface area contributed by atoms with Crippen LogP contribution in [0.1, 0.15) is 16.1 Å². The largest absolute Gasteiger partial charge is 0.483 e. The van der Waals surface area contributed by atoms with Gasteiger partial charge in [0.15, 0.2) is 5.75 Å². The molecule has 0 aliphatic rings.